The third-order valence-corrected chi connectivity index (χ3v) is 4.67. The van der Waals surface area contributed by atoms with Crippen LogP contribution < -0.4 is 5.32 Å². The third-order valence-electron chi connectivity index (χ3n) is 4.67. The monoisotopic (exact) mass is 386 g/mol. The molecular weight excluding hydrogens is 360 g/mol. The number of aromatic nitrogens is 2. The molecule has 1 aromatic carbocycles. The molecular formula is C20H26N4O4. The number of fused-ring (bicyclic) bond motifs is 1. The standard InChI is InChI=1S/C20H26N4O4/c1-26-9-10-28-19(6-8-24-7-5-17(24)13-27-2)20(25)23-16-3-4-18-15(11-16)12-21-14-22-18/h3-4,6,11-12,14,17H,5,7-10,13H2,1-2H3,(H,23,25). The lowest BCUT2D eigenvalue weighted by Gasteiger charge is -2.39. The Morgan fingerprint density at radius 1 is 1.32 bits per heavy atom. The first-order valence-electron chi connectivity index (χ1n) is 9.27. The number of hydrogen-bond donors (Lipinski definition) is 1. The van der Waals surface area contributed by atoms with E-state index >= 15 is 0 Å². The van der Waals surface area contributed by atoms with E-state index in [4.69, 9.17) is 14.2 Å². The van der Waals surface area contributed by atoms with Crippen LogP contribution in [-0.2, 0) is 19.0 Å². The molecule has 8 nitrogen and oxygen atoms in total. The molecule has 1 aliphatic heterocycles. The van der Waals surface area contributed by atoms with Crippen molar-refractivity contribution in [3.05, 3.63) is 42.6 Å². The van der Waals surface area contributed by atoms with Gasteiger partial charge in [-0.25, -0.2) is 9.97 Å². The summed E-state index contributed by atoms with van der Waals surface area (Å²) in [5, 5.41) is 3.74. The molecule has 1 aliphatic rings. The first-order valence-corrected chi connectivity index (χ1v) is 9.27. The normalized spacial score (nSPS) is 17.4. The van der Waals surface area contributed by atoms with E-state index in [0.717, 1.165) is 23.9 Å². The van der Waals surface area contributed by atoms with Crippen molar-refractivity contribution < 1.29 is 19.0 Å². The molecule has 0 spiro atoms. The van der Waals surface area contributed by atoms with E-state index in [2.05, 4.69) is 20.2 Å². The van der Waals surface area contributed by atoms with E-state index in [9.17, 15) is 4.79 Å². The zero-order chi connectivity index (χ0) is 19.8. The van der Waals surface area contributed by atoms with Crippen molar-refractivity contribution in [1.82, 2.24) is 14.9 Å². The van der Waals surface area contributed by atoms with Gasteiger partial charge in [0.05, 0.1) is 18.7 Å². The first kappa shape index (κ1) is 20.2. The number of carbonyl (C=O) groups excluding carboxylic acids is 1. The molecule has 1 atom stereocenters. The molecule has 2 heterocycles. The summed E-state index contributed by atoms with van der Waals surface area (Å²) >= 11 is 0. The summed E-state index contributed by atoms with van der Waals surface area (Å²) in [6.07, 6.45) is 6.13. The minimum atomic E-state index is -0.295. The Balaban J connectivity index is 1.67. The zero-order valence-electron chi connectivity index (χ0n) is 16.3. The second kappa shape index (κ2) is 10.1. The maximum Gasteiger partial charge on any atom is 0.290 e. The van der Waals surface area contributed by atoms with E-state index in [1.54, 1.807) is 20.4 Å². The van der Waals surface area contributed by atoms with Gasteiger partial charge in [0, 0.05) is 50.6 Å². The van der Waals surface area contributed by atoms with Gasteiger partial charge < -0.3 is 19.5 Å². The predicted octanol–water partition coefficient (Wildman–Crippen LogP) is 1.84. The van der Waals surface area contributed by atoms with Crippen molar-refractivity contribution in [2.45, 2.75) is 12.5 Å². The summed E-state index contributed by atoms with van der Waals surface area (Å²) < 4.78 is 15.9. The van der Waals surface area contributed by atoms with Gasteiger partial charge in [0.1, 0.15) is 12.9 Å². The number of carbonyl (C=O) groups is 1. The molecule has 0 radical (unpaired) electrons. The SMILES string of the molecule is COCCOC(=CCN1CCC1COC)C(=O)Nc1ccc2ncncc2c1. The lowest BCUT2D eigenvalue weighted by Crippen LogP contribution is -2.50. The van der Waals surface area contributed by atoms with Crippen molar-refractivity contribution in [1.29, 1.82) is 0 Å². The number of rotatable bonds is 10. The molecule has 0 aliphatic carbocycles. The fraction of sp³-hybridized carbons (Fsp3) is 0.450. The van der Waals surface area contributed by atoms with Crippen LogP contribution in [0.3, 0.4) is 0 Å². The molecule has 1 aromatic heterocycles. The van der Waals surface area contributed by atoms with Crippen LogP contribution in [0.15, 0.2) is 42.6 Å². The second-order valence-electron chi connectivity index (χ2n) is 6.55. The van der Waals surface area contributed by atoms with Gasteiger partial charge in [0.25, 0.3) is 5.91 Å². The van der Waals surface area contributed by atoms with Crippen LogP contribution in [-0.4, -0.2) is 73.9 Å². The van der Waals surface area contributed by atoms with Crippen molar-refractivity contribution >= 4 is 22.5 Å². The molecule has 2 aromatic rings. The topological polar surface area (TPSA) is 85.8 Å². The molecule has 1 amide bonds. The summed E-state index contributed by atoms with van der Waals surface area (Å²) in [5.74, 6) is -0.0133. The fourth-order valence-corrected chi connectivity index (χ4v) is 3.02. The lowest BCUT2D eigenvalue weighted by atomic mass is 10.0. The molecule has 1 fully saturated rings. The number of amides is 1. The van der Waals surface area contributed by atoms with Crippen molar-refractivity contribution in [2.24, 2.45) is 0 Å². The highest BCUT2D eigenvalue weighted by molar-refractivity contribution is 6.03. The summed E-state index contributed by atoms with van der Waals surface area (Å²) in [6.45, 7) is 3.04. The Kier molecular flexibility index (Phi) is 7.30. The average Bonchev–Trinajstić information content (AvgIpc) is 2.70. The number of hydrogen-bond acceptors (Lipinski definition) is 7. The van der Waals surface area contributed by atoms with Crippen LogP contribution in [0.2, 0.25) is 0 Å². The fourth-order valence-electron chi connectivity index (χ4n) is 3.02. The molecule has 1 unspecified atom stereocenters. The highest BCUT2D eigenvalue weighted by Gasteiger charge is 2.27. The quantitative estimate of drug-likeness (QED) is 0.379. The van der Waals surface area contributed by atoms with E-state index in [-0.39, 0.29) is 11.7 Å². The highest BCUT2D eigenvalue weighted by Crippen LogP contribution is 2.19. The third kappa shape index (κ3) is 5.25. The highest BCUT2D eigenvalue weighted by atomic mass is 16.5. The van der Waals surface area contributed by atoms with Crippen molar-refractivity contribution in [3.8, 4) is 0 Å². The predicted molar refractivity (Wildman–Crippen MR) is 106 cm³/mol. The number of methoxy groups -OCH3 is 2. The van der Waals surface area contributed by atoms with E-state index < -0.39 is 0 Å². The molecule has 3 rings (SSSR count). The second-order valence-corrected chi connectivity index (χ2v) is 6.55. The van der Waals surface area contributed by atoms with Gasteiger partial charge in [0.15, 0.2) is 5.76 Å². The number of anilines is 1. The summed E-state index contributed by atoms with van der Waals surface area (Å²) in [4.78, 5) is 23.2. The molecule has 1 N–H and O–H groups in total. The Hall–Kier alpha value is -2.55. The minimum absolute atomic E-state index is 0.282. The lowest BCUT2D eigenvalue weighted by molar-refractivity contribution is -0.116. The largest absolute Gasteiger partial charge is 0.486 e. The van der Waals surface area contributed by atoms with Gasteiger partial charge in [-0.15, -0.1) is 0 Å². The number of nitrogens with one attached hydrogen (secondary N) is 1. The molecule has 28 heavy (non-hydrogen) atoms. The smallest absolute Gasteiger partial charge is 0.290 e. The van der Waals surface area contributed by atoms with Gasteiger partial charge in [0.2, 0.25) is 0 Å². The number of nitrogens with zero attached hydrogens (tertiary/aromatic N) is 3. The van der Waals surface area contributed by atoms with Gasteiger partial charge in [-0.1, -0.05) is 0 Å². The van der Waals surface area contributed by atoms with Crippen LogP contribution in [0.25, 0.3) is 10.9 Å². The van der Waals surface area contributed by atoms with Crippen molar-refractivity contribution in [2.75, 3.05) is 52.4 Å². The molecule has 0 saturated carbocycles. The van der Waals surface area contributed by atoms with Crippen LogP contribution in [0, 0.1) is 0 Å². The minimum Gasteiger partial charge on any atom is -0.486 e. The number of likely N-dealkylation sites (tertiary alicyclic amines) is 1. The van der Waals surface area contributed by atoms with E-state index in [0.29, 0.717) is 38.1 Å². The Morgan fingerprint density at radius 2 is 2.21 bits per heavy atom. The van der Waals surface area contributed by atoms with Gasteiger partial charge in [-0.3, -0.25) is 9.69 Å². The maximum atomic E-state index is 12.7. The molecule has 150 valence electrons. The number of benzene rings is 1. The van der Waals surface area contributed by atoms with Gasteiger partial charge in [-0.05, 0) is 30.7 Å². The molecule has 8 heteroatoms. The number of ether oxygens (including phenoxy) is 3. The maximum absolute atomic E-state index is 12.7. The Labute approximate surface area is 164 Å². The Bertz CT molecular complexity index is 827. The van der Waals surface area contributed by atoms with Gasteiger partial charge >= 0.3 is 0 Å². The zero-order valence-corrected chi connectivity index (χ0v) is 16.3. The summed E-state index contributed by atoms with van der Waals surface area (Å²) in [6, 6.07) is 5.88. The summed E-state index contributed by atoms with van der Waals surface area (Å²) in [7, 11) is 3.30. The van der Waals surface area contributed by atoms with Crippen molar-refractivity contribution in [3.63, 3.8) is 0 Å². The van der Waals surface area contributed by atoms with E-state index in [1.165, 1.54) is 6.33 Å². The molecule has 1 saturated heterocycles. The van der Waals surface area contributed by atoms with Crippen LogP contribution in [0.4, 0.5) is 5.69 Å². The van der Waals surface area contributed by atoms with Crippen LogP contribution in [0.5, 0.6) is 0 Å². The average molecular weight is 386 g/mol. The van der Waals surface area contributed by atoms with Crippen LogP contribution >= 0.6 is 0 Å². The van der Waals surface area contributed by atoms with E-state index in [1.807, 2.05) is 24.3 Å². The van der Waals surface area contributed by atoms with Crippen LogP contribution in [0.1, 0.15) is 6.42 Å². The molecule has 0 bridgehead atoms. The summed E-state index contributed by atoms with van der Waals surface area (Å²) in [5.41, 5.74) is 1.48. The Morgan fingerprint density at radius 3 is 2.96 bits per heavy atom. The van der Waals surface area contributed by atoms with Gasteiger partial charge in [-0.2, -0.15) is 0 Å². The first-order chi connectivity index (χ1) is 13.7.